The van der Waals surface area contributed by atoms with Crippen LogP contribution >= 0.6 is 0 Å². The molecule has 0 saturated carbocycles. The van der Waals surface area contributed by atoms with Crippen LogP contribution in [0.5, 0.6) is 0 Å². The molecule has 0 saturated heterocycles. The van der Waals surface area contributed by atoms with Crippen molar-refractivity contribution in [3.63, 3.8) is 0 Å². The van der Waals surface area contributed by atoms with Gasteiger partial charge in [-0.15, -0.1) is 0 Å². The molecule has 0 aliphatic heterocycles. The van der Waals surface area contributed by atoms with Gasteiger partial charge < -0.3 is 14.2 Å². The number of unbranched alkanes of at least 4 members (excludes halogenated alkanes) is 17. The average Bonchev–Trinajstić information content (AvgIpc) is 3.43. The average molecular weight is 1060 g/mol. The van der Waals surface area contributed by atoms with Gasteiger partial charge in [0.25, 0.3) is 0 Å². The van der Waals surface area contributed by atoms with Crippen molar-refractivity contribution in [2.45, 2.75) is 258 Å². The Morgan fingerprint density at radius 1 is 0.273 bits per heavy atom. The fraction of sp³-hybridized carbons (Fsp3) is 0.592. The minimum Gasteiger partial charge on any atom is -0.462 e. The second kappa shape index (κ2) is 63.6. The molecule has 0 heterocycles. The monoisotopic (exact) mass is 1060 g/mol. The van der Waals surface area contributed by atoms with Gasteiger partial charge in [-0.05, 0) is 128 Å². The molecule has 0 fully saturated rings. The van der Waals surface area contributed by atoms with E-state index in [9.17, 15) is 14.4 Å². The van der Waals surface area contributed by atoms with E-state index in [1.165, 1.54) is 64.2 Å². The smallest absolute Gasteiger partial charge is 0.306 e. The SMILES string of the molecule is CC/C=C\C/C=C\C/C=C\C/C=C\C/C=C\C/C=C\C/C=C\C/C=C\C/C=C\CCCCCCCCCC(=O)OCC(COC(=O)CCCCCCCCCCC)OC(=O)CCCC/C=C\C/C=C\C/C=C\C/C=C\CC. The lowest BCUT2D eigenvalue weighted by Crippen LogP contribution is -2.30. The summed E-state index contributed by atoms with van der Waals surface area (Å²) in [5.74, 6) is -0.965. The zero-order chi connectivity index (χ0) is 55.7. The highest BCUT2D eigenvalue weighted by Gasteiger charge is 2.19. The van der Waals surface area contributed by atoms with E-state index in [1.54, 1.807) is 0 Å². The molecule has 0 amide bonds. The van der Waals surface area contributed by atoms with Crippen LogP contribution in [0.2, 0.25) is 0 Å². The highest BCUT2D eigenvalue weighted by Crippen LogP contribution is 2.14. The second-order valence-corrected chi connectivity index (χ2v) is 19.9. The molecule has 0 aliphatic rings. The zero-order valence-electron chi connectivity index (χ0n) is 49.4. The van der Waals surface area contributed by atoms with Crippen molar-refractivity contribution in [2.75, 3.05) is 13.2 Å². The van der Waals surface area contributed by atoms with Crippen LogP contribution in [0.3, 0.4) is 0 Å². The molecule has 1 atom stereocenters. The summed E-state index contributed by atoms with van der Waals surface area (Å²) in [5, 5.41) is 0. The highest BCUT2D eigenvalue weighted by molar-refractivity contribution is 5.71. The first kappa shape index (κ1) is 72.0. The van der Waals surface area contributed by atoms with Gasteiger partial charge in [0.1, 0.15) is 13.2 Å². The van der Waals surface area contributed by atoms with Crippen molar-refractivity contribution in [1.29, 1.82) is 0 Å². The van der Waals surface area contributed by atoms with E-state index in [2.05, 4.69) is 179 Å². The number of rotatable bonds is 54. The van der Waals surface area contributed by atoms with Crippen LogP contribution in [-0.2, 0) is 28.6 Å². The van der Waals surface area contributed by atoms with Crippen molar-refractivity contribution in [1.82, 2.24) is 0 Å². The number of esters is 3. The fourth-order valence-electron chi connectivity index (χ4n) is 7.95. The number of ether oxygens (including phenoxy) is 3. The van der Waals surface area contributed by atoms with Gasteiger partial charge in [0, 0.05) is 19.3 Å². The van der Waals surface area contributed by atoms with Crippen LogP contribution in [0.15, 0.2) is 158 Å². The van der Waals surface area contributed by atoms with Gasteiger partial charge in [0.15, 0.2) is 6.10 Å². The van der Waals surface area contributed by atoms with Gasteiger partial charge in [0.2, 0.25) is 0 Å². The minimum atomic E-state index is -0.808. The largest absolute Gasteiger partial charge is 0.462 e. The van der Waals surface area contributed by atoms with E-state index in [-0.39, 0.29) is 37.5 Å². The van der Waals surface area contributed by atoms with Gasteiger partial charge in [-0.1, -0.05) is 262 Å². The Kier molecular flexibility index (Phi) is 59.5. The molecule has 0 bridgehead atoms. The van der Waals surface area contributed by atoms with Crippen molar-refractivity contribution < 1.29 is 28.6 Å². The molecule has 432 valence electrons. The van der Waals surface area contributed by atoms with E-state index in [4.69, 9.17) is 14.2 Å². The molecule has 6 nitrogen and oxygen atoms in total. The van der Waals surface area contributed by atoms with Gasteiger partial charge in [-0.25, -0.2) is 0 Å². The van der Waals surface area contributed by atoms with E-state index >= 15 is 0 Å². The molecule has 0 N–H and O–H groups in total. The lowest BCUT2D eigenvalue weighted by atomic mass is 10.1. The zero-order valence-corrected chi connectivity index (χ0v) is 49.4. The van der Waals surface area contributed by atoms with Crippen LogP contribution in [0.1, 0.15) is 252 Å². The van der Waals surface area contributed by atoms with E-state index < -0.39 is 6.10 Å². The van der Waals surface area contributed by atoms with Gasteiger partial charge in [-0.3, -0.25) is 14.4 Å². The number of hydrogen-bond donors (Lipinski definition) is 0. The maximum Gasteiger partial charge on any atom is 0.306 e. The van der Waals surface area contributed by atoms with E-state index in [0.717, 1.165) is 141 Å². The minimum absolute atomic E-state index is 0.102. The summed E-state index contributed by atoms with van der Waals surface area (Å²) in [7, 11) is 0. The van der Waals surface area contributed by atoms with Crippen LogP contribution in [0, 0.1) is 0 Å². The van der Waals surface area contributed by atoms with Crippen molar-refractivity contribution in [3.8, 4) is 0 Å². The summed E-state index contributed by atoms with van der Waals surface area (Å²) in [5.41, 5.74) is 0. The molecule has 77 heavy (non-hydrogen) atoms. The summed E-state index contributed by atoms with van der Waals surface area (Å²) in [4.78, 5) is 38.1. The lowest BCUT2D eigenvalue weighted by Gasteiger charge is -2.18. The van der Waals surface area contributed by atoms with Crippen LogP contribution in [0.25, 0.3) is 0 Å². The molecule has 1 unspecified atom stereocenters. The van der Waals surface area contributed by atoms with Crippen molar-refractivity contribution >= 4 is 17.9 Å². The lowest BCUT2D eigenvalue weighted by molar-refractivity contribution is -0.167. The van der Waals surface area contributed by atoms with Crippen molar-refractivity contribution in [2.24, 2.45) is 0 Å². The third kappa shape index (κ3) is 61.8. The molecule has 0 spiro atoms. The van der Waals surface area contributed by atoms with Gasteiger partial charge >= 0.3 is 17.9 Å². The van der Waals surface area contributed by atoms with Crippen LogP contribution in [-0.4, -0.2) is 37.2 Å². The Bertz CT molecular complexity index is 1740. The van der Waals surface area contributed by atoms with Gasteiger partial charge in [-0.2, -0.15) is 0 Å². The normalized spacial score (nSPS) is 13.2. The predicted octanol–water partition coefficient (Wildman–Crippen LogP) is 21.3. The molecule has 0 aromatic rings. The molecule has 0 aliphatic carbocycles. The Labute approximate surface area is 473 Å². The maximum absolute atomic E-state index is 12.8. The fourth-order valence-corrected chi connectivity index (χ4v) is 7.95. The summed E-state index contributed by atoms with van der Waals surface area (Å²) in [6.07, 6.45) is 92.6. The van der Waals surface area contributed by atoms with Crippen molar-refractivity contribution in [3.05, 3.63) is 158 Å². The van der Waals surface area contributed by atoms with Gasteiger partial charge in [0.05, 0.1) is 0 Å². The molecular weight excluding hydrogens is 949 g/mol. The number of carbonyl (C=O) groups is 3. The topological polar surface area (TPSA) is 78.9 Å². The standard InChI is InChI=1S/C71H112O6/c1-4-7-10-13-16-19-21-23-25-26-27-28-29-30-31-32-33-34-35-36-37-38-39-40-41-42-43-44-46-47-49-52-55-58-61-64-70(73)76-67-68(66-75-69(72)63-60-57-54-51-18-15-12-9-6-3)77-71(74)65-62-59-56-53-50-48-45-24-22-20-17-14-11-8-5-2/h7-8,10-11,16-17,19-20,23-25,27-28,30-31,33-34,36-37,39-40,42-43,45,50,53,68H,4-6,9,12-15,18,21-22,26,29,32,35,38,41,44,46-49,51-52,54-67H2,1-3H3/b10-7-,11-8-,19-16-,20-17-,25-23-,28-27-,31-30-,34-33-,37-36-,40-39-,43-42-,45-24-,53-50-. The third-order valence-electron chi connectivity index (χ3n) is 12.5. The van der Waals surface area contributed by atoms with Crippen LogP contribution < -0.4 is 0 Å². The maximum atomic E-state index is 12.8. The first-order chi connectivity index (χ1) is 38.0. The number of allylic oxidation sites excluding steroid dienone is 26. The molecule has 0 aromatic heterocycles. The summed E-state index contributed by atoms with van der Waals surface area (Å²) >= 11 is 0. The highest BCUT2D eigenvalue weighted by atomic mass is 16.6. The Hall–Kier alpha value is -4.97. The number of carbonyl (C=O) groups excluding carboxylic acids is 3. The number of hydrogen-bond acceptors (Lipinski definition) is 6. The summed E-state index contributed by atoms with van der Waals surface area (Å²) in [6.45, 7) is 6.33. The molecule has 0 aromatic carbocycles. The second-order valence-electron chi connectivity index (χ2n) is 19.9. The summed E-state index contributed by atoms with van der Waals surface area (Å²) in [6, 6.07) is 0. The molecular formula is C71H112O6. The first-order valence-electron chi connectivity index (χ1n) is 31.0. The Morgan fingerprint density at radius 3 is 0.818 bits per heavy atom. The molecule has 0 radical (unpaired) electrons. The Morgan fingerprint density at radius 2 is 0.506 bits per heavy atom. The van der Waals surface area contributed by atoms with E-state index in [1.807, 2.05) is 0 Å². The third-order valence-corrected chi connectivity index (χ3v) is 12.5. The predicted molar refractivity (Wildman–Crippen MR) is 334 cm³/mol. The van der Waals surface area contributed by atoms with Crippen LogP contribution in [0.4, 0.5) is 0 Å². The van der Waals surface area contributed by atoms with E-state index in [0.29, 0.717) is 19.3 Å². The molecule has 6 heteroatoms. The first-order valence-corrected chi connectivity index (χ1v) is 31.0. The summed E-state index contributed by atoms with van der Waals surface area (Å²) < 4.78 is 16.8. The quantitative estimate of drug-likeness (QED) is 0.0261. The molecule has 0 rings (SSSR count). The Balaban J connectivity index is 4.24.